The lowest BCUT2D eigenvalue weighted by molar-refractivity contribution is 0.166. The van der Waals surface area contributed by atoms with Crippen molar-refractivity contribution < 1.29 is 0 Å². The third-order valence-corrected chi connectivity index (χ3v) is 5.55. The zero-order chi connectivity index (χ0) is 10.9. The van der Waals surface area contributed by atoms with Gasteiger partial charge in [-0.25, -0.2) is 0 Å². The van der Waals surface area contributed by atoms with Crippen molar-refractivity contribution in [1.29, 1.82) is 0 Å². The van der Waals surface area contributed by atoms with Gasteiger partial charge in [-0.3, -0.25) is 0 Å². The van der Waals surface area contributed by atoms with E-state index >= 15 is 0 Å². The first-order chi connectivity index (χ1) is 7.07. The van der Waals surface area contributed by atoms with Gasteiger partial charge in [-0.05, 0) is 49.3 Å². The monoisotopic (exact) mass is 227 g/mol. The van der Waals surface area contributed by atoms with Crippen LogP contribution in [-0.2, 0) is 0 Å². The highest BCUT2D eigenvalue weighted by atomic mass is 32.2. The van der Waals surface area contributed by atoms with Gasteiger partial charge in [0, 0.05) is 11.3 Å². The summed E-state index contributed by atoms with van der Waals surface area (Å²) in [6, 6.07) is 0.816. The van der Waals surface area contributed by atoms with Gasteiger partial charge in [-0.15, -0.1) is 0 Å². The average molecular weight is 227 g/mol. The first kappa shape index (κ1) is 11.8. The lowest BCUT2D eigenvalue weighted by Crippen LogP contribution is -2.43. The summed E-state index contributed by atoms with van der Waals surface area (Å²) in [7, 11) is 0. The van der Waals surface area contributed by atoms with Gasteiger partial charge < -0.3 is 5.32 Å². The van der Waals surface area contributed by atoms with E-state index in [2.05, 4.69) is 37.8 Å². The molecule has 1 nitrogen and oxygen atoms in total. The normalized spacial score (nSPS) is 38.2. The molecule has 3 atom stereocenters. The molecule has 1 N–H and O–H groups in total. The number of nitrogens with one attached hydrogen (secondary N) is 1. The number of hydrogen-bond donors (Lipinski definition) is 1. The van der Waals surface area contributed by atoms with Crippen molar-refractivity contribution in [1.82, 2.24) is 5.32 Å². The van der Waals surface area contributed by atoms with Crippen LogP contribution in [0.15, 0.2) is 0 Å². The SMILES string of the molecule is CC(C)(C)C1CCC2NCCCSC2C1. The smallest absolute Gasteiger partial charge is 0.0204 e. The Morgan fingerprint density at radius 1 is 1.20 bits per heavy atom. The van der Waals surface area contributed by atoms with Crippen LogP contribution in [0.2, 0.25) is 0 Å². The molecule has 1 heterocycles. The Morgan fingerprint density at radius 3 is 2.73 bits per heavy atom. The van der Waals surface area contributed by atoms with Crippen molar-refractivity contribution in [3.63, 3.8) is 0 Å². The van der Waals surface area contributed by atoms with Gasteiger partial charge in [0.25, 0.3) is 0 Å². The minimum absolute atomic E-state index is 0.512. The Bertz CT molecular complexity index is 209. The summed E-state index contributed by atoms with van der Waals surface area (Å²) in [5.41, 5.74) is 0.512. The fourth-order valence-corrected chi connectivity index (χ4v) is 4.37. The fourth-order valence-electron chi connectivity index (χ4n) is 2.93. The largest absolute Gasteiger partial charge is 0.313 e. The molecule has 0 radical (unpaired) electrons. The standard InChI is InChI=1S/C13H25NS/c1-13(2,3)10-5-6-11-12(9-10)15-8-4-7-14-11/h10-12,14H,4-9H2,1-3H3. The summed E-state index contributed by atoms with van der Waals surface area (Å²) in [4.78, 5) is 0. The van der Waals surface area contributed by atoms with Gasteiger partial charge in [0.05, 0.1) is 0 Å². The molecular formula is C13H25NS. The first-order valence-corrected chi connectivity index (χ1v) is 7.47. The third kappa shape index (κ3) is 2.91. The third-order valence-electron chi connectivity index (χ3n) is 4.08. The molecule has 1 aliphatic carbocycles. The van der Waals surface area contributed by atoms with E-state index in [4.69, 9.17) is 0 Å². The van der Waals surface area contributed by atoms with Crippen molar-refractivity contribution in [3.8, 4) is 0 Å². The molecule has 88 valence electrons. The van der Waals surface area contributed by atoms with Crippen molar-refractivity contribution in [2.75, 3.05) is 12.3 Å². The Balaban J connectivity index is 1.97. The summed E-state index contributed by atoms with van der Waals surface area (Å²) in [5, 5.41) is 4.63. The average Bonchev–Trinajstić information content (AvgIpc) is 2.39. The van der Waals surface area contributed by atoms with Gasteiger partial charge in [0.15, 0.2) is 0 Å². The molecule has 0 spiro atoms. The second-order valence-electron chi connectivity index (χ2n) is 6.20. The van der Waals surface area contributed by atoms with E-state index in [9.17, 15) is 0 Å². The molecule has 1 saturated carbocycles. The molecule has 2 aliphatic rings. The van der Waals surface area contributed by atoms with Crippen LogP contribution >= 0.6 is 11.8 Å². The summed E-state index contributed by atoms with van der Waals surface area (Å²) in [6.07, 6.45) is 5.63. The Hall–Kier alpha value is 0.310. The van der Waals surface area contributed by atoms with Gasteiger partial charge in [-0.2, -0.15) is 11.8 Å². The minimum atomic E-state index is 0.512. The summed E-state index contributed by atoms with van der Waals surface area (Å²) < 4.78 is 0. The zero-order valence-corrected chi connectivity index (χ0v) is 11.2. The van der Waals surface area contributed by atoms with Crippen LogP contribution in [0.3, 0.4) is 0 Å². The van der Waals surface area contributed by atoms with E-state index in [-0.39, 0.29) is 0 Å². The van der Waals surface area contributed by atoms with E-state index in [0.29, 0.717) is 5.41 Å². The van der Waals surface area contributed by atoms with Gasteiger partial charge in [0.2, 0.25) is 0 Å². The number of hydrogen-bond acceptors (Lipinski definition) is 2. The molecule has 0 amide bonds. The van der Waals surface area contributed by atoms with Crippen LogP contribution in [0.1, 0.15) is 46.5 Å². The maximum Gasteiger partial charge on any atom is 0.0204 e. The van der Waals surface area contributed by atoms with Crippen LogP contribution in [0.5, 0.6) is 0 Å². The highest BCUT2D eigenvalue weighted by Gasteiger charge is 2.36. The summed E-state index contributed by atoms with van der Waals surface area (Å²) in [5.74, 6) is 2.30. The maximum absolute atomic E-state index is 3.73. The van der Waals surface area contributed by atoms with Gasteiger partial charge in [-0.1, -0.05) is 20.8 Å². The minimum Gasteiger partial charge on any atom is -0.313 e. The molecule has 0 aromatic rings. The zero-order valence-electron chi connectivity index (χ0n) is 10.4. The van der Waals surface area contributed by atoms with Crippen molar-refractivity contribution in [2.24, 2.45) is 11.3 Å². The molecule has 1 aliphatic heterocycles. The Kier molecular flexibility index (Phi) is 3.67. The molecule has 2 heteroatoms. The second kappa shape index (κ2) is 4.67. The van der Waals surface area contributed by atoms with Crippen LogP contribution < -0.4 is 5.32 Å². The van der Waals surface area contributed by atoms with Crippen LogP contribution in [-0.4, -0.2) is 23.6 Å². The lowest BCUT2D eigenvalue weighted by atomic mass is 9.71. The molecule has 2 fully saturated rings. The first-order valence-electron chi connectivity index (χ1n) is 6.42. The Labute approximate surface area is 98.8 Å². The molecule has 0 aromatic carbocycles. The summed E-state index contributed by atoms with van der Waals surface area (Å²) >= 11 is 2.23. The van der Waals surface area contributed by atoms with Crippen LogP contribution in [0.4, 0.5) is 0 Å². The van der Waals surface area contributed by atoms with Crippen molar-refractivity contribution in [3.05, 3.63) is 0 Å². The second-order valence-corrected chi connectivity index (χ2v) is 7.55. The highest BCUT2D eigenvalue weighted by Crippen LogP contribution is 2.42. The number of fused-ring (bicyclic) bond motifs is 1. The molecule has 0 bridgehead atoms. The number of rotatable bonds is 0. The fraction of sp³-hybridized carbons (Fsp3) is 1.00. The van der Waals surface area contributed by atoms with E-state index in [1.807, 2.05) is 0 Å². The molecule has 0 aromatic heterocycles. The molecule has 2 rings (SSSR count). The van der Waals surface area contributed by atoms with Crippen LogP contribution in [0.25, 0.3) is 0 Å². The Morgan fingerprint density at radius 2 is 2.00 bits per heavy atom. The quantitative estimate of drug-likeness (QED) is 0.681. The van der Waals surface area contributed by atoms with E-state index < -0.39 is 0 Å². The predicted molar refractivity (Wildman–Crippen MR) is 69.4 cm³/mol. The molecule has 15 heavy (non-hydrogen) atoms. The molecule has 3 unspecified atom stereocenters. The molecule has 1 saturated heterocycles. The number of thioether (sulfide) groups is 1. The van der Waals surface area contributed by atoms with E-state index in [1.54, 1.807) is 0 Å². The van der Waals surface area contributed by atoms with E-state index in [0.717, 1.165) is 17.2 Å². The maximum atomic E-state index is 3.73. The molecular weight excluding hydrogens is 202 g/mol. The van der Waals surface area contributed by atoms with Gasteiger partial charge in [0.1, 0.15) is 0 Å². The van der Waals surface area contributed by atoms with E-state index in [1.165, 1.54) is 38.0 Å². The van der Waals surface area contributed by atoms with Gasteiger partial charge >= 0.3 is 0 Å². The lowest BCUT2D eigenvalue weighted by Gasteiger charge is -2.41. The highest BCUT2D eigenvalue weighted by molar-refractivity contribution is 7.99. The van der Waals surface area contributed by atoms with Crippen molar-refractivity contribution in [2.45, 2.75) is 57.7 Å². The summed E-state index contributed by atoms with van der Waals surface area (Å²) in [6.45, 7) is 8.47. The van der Waals surface area contributed by atoms with Crippen molar-refractivity contribution >= 4 is 11.8 Å². The topological polar surface area (TPSA) is 12.0 Å². The predicted octanol–water partition coefficient (Wildman–Crippen LogP) is 3.30. The van der Waals surface area contributed by atoms with Crippen LogP contribution in [0, 0.1) is 11.3 Å².